The standard InChI is InChI=1S/C24H31N3O4/c1-16(2)27-24(30)26-15-19-10-12-21(13-11-19)23(29)31-18(4)22(28)25-14-17(3)20-8-6-5-7-9-20/h5-13,16-18H,14-15H2,1-4H3,(H,25,28)(H2,26,27,30)/t17-,18+/m0/s1. The van der Waals surface area contributed by atoms with E-state index in [0.29, 0.717) is 18.7 Å². The van der Waals surface area contributed by atoms with Gasteiger partial charge in [0.1, 0.15) is 0 Å². The number of ether oxygens (including phenoxy) is 1. The van der Waals surface area contributed by atoms with Gasteiger partial charge in [-0.05, 0) is 49.9 Å². The molecule has 0 aliphatic heterocycles. The van der Waals surface area contributed by atoms with Gasteiger partial charge in [-0.2, -0.15) is 0 Å². The number of hydrogen-bond acceptors (Lipinski definition) is 4. The summed E-state index contributed by atoms with van der Waals surface area (Å²) >= 11 is 0. The van der Waals surface area contributed by atoms with Gasteiger partial charge in [-0.25, -0.2) is 9.59 Å². The largest absolute Gasteiger partial charge is 0.449 e. The van der Waals surface area contributed by atoms with E-state index in [1.807, 2.05) is 51.1 Å². The first-order valence-corrected chi connectivity index (χ1v) is 10.4. The van der Waals surface area contributed by atoms with Crippen LogP contribution in [0.4, 0.5) is 4.79 Å². The molecule has 0 unspecified atom stereocenters. The van der Waals surface area contributed by atoms with Crippen molar-refractivity contribution in [2.75, 3.05) is 6.54 Å². The molecule has 0 saturated carbocycles. The zero-order valence-electron chi connectivity index (χ0n) is 18.5. The Balaban J connectivity index is 1.79. The Kier molecular flexibility index (Phi) is 9.06. The van der Waals surface area contributed by atoms with Gasteiger partial charge in [0.25, 0.3) is 5.91 Å². The van der Waals surface area contributed by atoms with Gasteiger partial charge in [-0.3, -0.25) is 4.79 Å². The highest BCUT2D eigenvalue weighted by atomic mass is 16.5. The molecule has 0 bridgehead atoms. The molecular formula is C24H31N3O4. The molecule has 31 heavy (non-hydrogen) atoms. The van der Waals surface area contributed by atoms with E-state index in [9.17, 15) is 14.4 Å². The fraction of sp³-hybridized carbons (Fsp3) is 0.375. The summed E-state index contributed by atoms with van der Waals surface area (Å²) in [6, 6.07) is 16.4. The minimum Gasteiger partial charge on any atom is -0.449 e. The van der Waals surface area contributed by atoms with Crippen molar-refractivity contribution >= 4 is 17.9 Å². The normalized spacial score (nSPS) is 12.5. The second-order valence-electron chi connectivity index (χ2n) is 7.78. The van der Waals surface area contributed by atoms with Crippen molar-refractivity contribution < 1.29 is 19.1 Å². The molecule has 2 atom stereocenters. The Morgan fingerprint density at radius 2 is 1.52 bits per heavy atom. The molecule has 0 heterocycles. The van der Waals surface area contributed by atoms with E-state index in [2.05, 4.69) is 16.0 Å². The smallest absolute Gasteiger partial charge is 0.338 e. The molecule has 7 nitrogen and oxygen atoms in total. The monoisotopic (exact) mass is 425 g/mol. The van der Waals surface area contributed by atoms with Crippen LogP contribution in [0, 0.1) is 0 Å². The first-order chi connectivity index (χ1) is 14.8. The predicted molar refractivity (Wildman–Crippen MR) is 120 cm³/mol. The number of hydrogen-bond donors (Lipinski definition) is 3. The second-order valence-corrected chi connectivity index (χ2v) is 7.78. The third-order valence-corrected chi connectivity index (χ3v) is 4.67. The first kappa shape index (κ1) is 23.9. The maximum Gasteiger partial charge on any atom is 0.338 e. The van der Waals surface area contributed by atoms with Gasteiger partial charge >= 0.3 is 12.0 Å². The zero-order valence-corrected chi connectivity index (χ0v) is 18.5. The van der Waals surface area contributed by atoms with E-state index in [-0.39, 0.29) is 23.9 Å². The van der Waals surface area contributed by atoms with Gasteiger partial charge in [0.05, 0.1) is 5.56 Å². The Morgan fingerprint density at radius 3 is 2.13 bits per heavy atom. The second kappa shape index (κ2) is 11.7. The van der Waals surface area contributed by atoms with E-state index >= 15 is 0 Å². The molecule has 2 rings (SSSR count). The summed E-state index contributed by atoms with van der Waals surface area (Å²) in [7, 11) is 0. The number of carbonyl (C=O) groups excluding carboxylic acids is 3. The topological polar surface area (TPSA) is 96.5 Å². The number of amides is 3. The van der Waals surface area contributed by atoms with Gasteiger partial charge < -0.3 is 20.7 Å². The summed E-state index contributed by atoms with van der Waals surface area (Å²) in [4.78, 5) is 36.3. The lowest BCUT2D eigenvalue weighted by Crippen LogP contribution is -2.39. The van der Waals surface area contributed by atoms with Crippen LogP contribution in [0.15, 0.2) is 54.6 Å². The van der Waals surface area contributed by atoms with Crippen molar-refractivity contribution in [3.8, 4) is 0 Å². The molecule has 0 spiro atoms. The van der Waals surface area contributed by atoms with Crippen LogP contribution in [0.1, 0.15) is 55.1 Å². The van der Waals surface area contributed by atoms with Crippen molar-refractivity contribution in [1.82, 2.24) is 16.0 Å². The van der Waals surface area contributed by atoms with E-state index in [1.54, 1.807) is 31.2 Å². The molecular weight excluding hydrogens is 394 g/mol. The average Bonchev–Trinajstić information content (AvgIpc) is 2.76. The average molecular weight is 426 g/mol. The van der Waals surface area contributed by atoms with Crippen LogP contribution in [0.3, 0.4) is 0 Å². The number of rotatable bonds is 9. The van der Waals surface area contributed by atoms with Crippen LogP contribution in [-0.2, 0) is 16.1 Å². The van der Waals surface area contributed by atoms with Crippen molar-refractivity contribution in [2.24, 2.45) is 0 Å². The van der Waals surface area contributed by atoms with E-state index in [0.717, 1.165) is 11.1 Å². The molecule has 3 N–H and O–H groups in total. The minimum absolute atomic E-state index is 0.0536. The van der Waals surface area contributed by atoms with Crippen molar-refractivity contribution in [2.45, 2.75) is 52.3 Å². The molecule has 166 valence electrons. The summed E-state index contributed by atoms with van der Waals surface area (Å²) < 4.78 is 5.29. The minimum atomic E-state index is -0.906. The van der Waals surface area contributed by atoms with Crippen LogP contribution in [0.5, 0.6) is 0 Å². The van der Waals surface area contributed by atoms with E-state index in [1.165, 1.54) is 0 Å². The van der Waals surface area contributed by atoms with Crippen LogP contribution in [0.25, 0.3) is 0 Å². The van der Waals surface area contributed by atoms with Crippen LogP contribution in [0.2, 0.25) is 0 Å². The van der Waals surface area contributed by atoms with Crippen molar-refractivity contribution in [3.05, 3.63) is 71.3 Å². The van der Waals surface area contributed by atoms with Gasteiger partial charge in [0, 0.05) is 19.1 Å². The predicted octanol–water partition coefficient (Wildman–Crippen LogP) is 3.36. The lowest BCUT2D eigenvalue weighted by Gasteiger charge is -2.17. The van der Waals surface area contributed by atoms with Crippen LogP contribution >= 0.6 is 0 Å². The Labute approximate surface area is 183 Å². The molecule has 2 aromatic carbocycles. The highest BCUT2D eigenvalue weighted by Crippen LogP contribution is 2.13. The Hall–Kier alpha value is -3.35. The molecule has 0 radical (unpaired) electrons. The van der Waals surface area contributed by atoms with E-state index < -0.39 is 12.1 Å². The lowest BCUT2D eigenvalue weighted by molar-refractivity contribution is -0.129. The summed E-state index contributed by atoms with van der Waals surface area (Å²) in [6.45, 7) is 8.13. The van der Waals surface area contributed by atoms with Crippen molar-refractivity contribution in [1.29, 1.82) is 0 Å². The van der Waals surface area contributed by atoms with Gasteiger partial charge in [-0.15, -0.1) is 0 Å². The van der Waals surface area contributed by atoms with Crippen molar-refractivity contribution in [3.63, 3.8) is 0 Å². The van der Waals surface area contributed by atoms with Crippen LogP contribution < -0.4 is 16.0 Å². The number of urea groups is 1. The van der Waals surface area contributed by atoms with Gasteiger partial charge in [-0.1, -0.05) is 49.4 Å². The molecule has 7 heteroatoms. The summed E-state index contributed by atoms with van der Waals surface area (Å²) in [6.07, 6.45) is -0.906. The Bertz CT molecular complexity index is 866. The zero-order chi connectivity index (χ0) is 22.8. The summed E-state index contributed by atoms with van der Waals surface area (Å²) in [5, 5.41) is 8.31. The number of carbonyl (C=O) groups is 3. The number of nitrogens with one attached hydrogen (secondary N) is 3. The maximum absolute atomic E-state index is 12.3. The van der Waals surface area contributed by atoms with Crippen LogP contribution in [-0.4, -0.2) is 36.6 Å². The Morgan fingerprint density at radius 1 is 0.871 bits per heavy atom. The maximum atomic E-state index is 12.3. The number of benzene rings is 2. The fourth-order valence-corrected chi connectivity index (χ4v) is 2.83. The molecule has 0 fully saturated rings. The molecule has 3 amide bonds. The summed E-state index contributed by atoms with van der Waals surface area (Å²) in [5.41, 5.74) is 2.31. The highest BCUT2D eigenvalue weighted by molar-refractivity contribution is 5.92. The third-order valence-electron chi connectivity index (χ3n) is 4.67. The summed E-state index contributed by atoms with van der Waals surface area (Å²) in [5.74, 6) is -0.763. The lowest BCUT2D eigenvalue weighted by atomic mass is 10.0. The fourth-order valence-electron chi connectivity index (χ4n) is 2.83. The molecule has 0 aliphatic carbocycles. The SMILES string of the molecule is CC(C)NC(=O)NCc1ccc(C(=O)O[C@H](C)C(=O)NC[C@H](C)c2ccccc2)cc1. The molecule has 0 aromatic heterocycles. The highest BCUT2D eigenvalue weighted by Gasteiger charge is 2.19. The quantitative estimate of drug-likeness (QED) is 0.537. The van der Waals surface area contributed by atoms with Gasteiger partial charge in [0.2, 0.25) is 0 Å². The number of esters is 1. The molecule has 2 aromatic rings. The third kappa shape index (κ3) is 8.12. The molecule has 0 saturated heterocycles. The first-order valence-electron chi connectivity index (χ1n) is 10.4. The van der Waals surface area contributed by atoms with E-state index in [4.69, 9.17) is 4.74 Å². The van der Waals surface area contributed by atoms with Gasteiger partial charge in [0.15, 0.2) is 6.10 Å². The molecule has 0 aliphatic rings.